The summed E-state index contributed by atoms with van der Waals surface area (Å²) in [6.07, 6.45) is 0. The molecule has 19 heavy (non-hydrogen) atoms. The molecule has 1 aromatic rings. The lowest BCUT2D eigenvalue weighted by Gasteiger charge is -2.25. The van der Waals surface area contributed by atoms with E-state index in [-0.39, 0.29) is 12.4 Å². The van der Waals surface area contributed by atoms with E-state index >= 15 is 0 Å². The second kappa shape index (κ2) is 6.71. The Morgan fingerprint density at radius 1 is 1.42 bits per heavy atom. The fourth-order valence-corrected chi connectivity index (χ4v) is 2.00. The molecule has 0 aromatic heterocycles. The first-order valence-electron chi connectivity index (χ1n) is 5.77. The average Bonchev–Trinajstić information content (AvgIpc) is 2.30. The zero-order chi connectivity index (χ0) is 14.5. The Morgan fingerprint density at radius 3 is 2.58 bits per heavy atom. The highest BCUT2D eigenvalue weighted by Gasteiger charge is 2.11. The first-order chi connectivity index (χ1) is 8.87. The number of aliphatic hydroxyl groups excluding tert-OH is 1. The molecule has 0 spiro atoms. The van der Waals surface area contributed by atoms with Crippen molar-refractivity contribution in [3.8, 4) is 5.75 Å². The summed E-state index contributed by atoms with van der Waals surface area (Å²) in [4.78, 5) is 0. The molecule has 7 nitrogen and oxygen atoms in total. The van der Waals surface area contributed by atoms with E-state index in [1.807, 2.05) is 11.9 Å². The highest BCUT2D eigenvalue weighted by atomic mass is 32.3. The first-order valence-corrected chi connectivity index (χ1v) is 7.13. The maximum atomic E-state index is 10.6. The van der Waals surface area contributed by atoms with Gasteiger partial charge in [-0.3, -0.25) is 4.55 Å². The minimum Gasteiger partial charge on any atom is -0.395 e. The molecule has 8 heteroatoms. The van der Waals surface area contributed by atoms with Crippen LogP contribution in [0, 0.1) is 6.92 Å². The van der Waals surface area contributed by atoms with Crippen molar-refractivity contribution in [1.29, 1.82) is 0 Å². The number of rotatable bonds is 7. The largest absolute Gasteiger partial charge is 0.446 e. The van der Waals surface area contributed by atoms with Crippen molar-refractivity contribution < 1.29 is 22.3 Å². The molecule has 0 atom stereocenters. The summed E-state index contributed by atoms with van der Waals surface area (Å²) >= 11 is 0. The molecule has 0 unspecified atom stereocenters. The summed E-state index contributed by atoms with van der Waals surface area (Å²) in [7, 11) is -4.51. The number of aryl methyl sites for hydroxylation is 1. The molecule has 0 aliphatic rings. The Bertz CT molecular complexity index is 518. The Hall–Kier alpha value is -1.35. The van der Waals surface area contributed by atoms with Crippen LogP contribution in [0.3, 0.4) is 0 Å². The number of benzene rings is 1. The van der Waals surface area contributed by atoms with E-state index in [9.17, 15) is 8.42 Å². The Kier molecular flexibility index (Phi) is 5.55. The number of hydrogen-bond donors (Lipinski definition) is 3. The Labute approximate surface area is 112 Å². The van der Waals surface area contributed by atoms with E-state index < -0.39 is 10.4 Å². The Balaban J connectivity index is 2.92. The molecule has 0 aliphatic heterocycles. The van der Waals surface area contributed by atoms with Crippen molar-refractivity contribution in [3.05, 3.63) is 23.8 Å². The average molecular weight is 290 g/mol. The number of aliphatic hydroxyl groups is 1. The van der Waals surface area contributed by atoms with E-state index in [0.717, 1.165) is 11.3 Å². The van der Waals surface area contributed by atoms with Gasteiger partial charge in [0.1, 0.15) is 5.75 Å². The van der Waals surface area contributed by atoms with Crippen LogP contribution in [-0.4, -0.2) is 37.8 Å². The van der Waals surface area contributed by atoms with Crippen LogP contribution >= 0.6 is 0 Å². The second-order valence-corrected chi connectivity index (χ2v) is 4.86. The maximum absolute atomic E-state index is 10.6. The number of hydrazine groups is 1. The van der Waals surface area contributed by atoms with E-state index in [2.05, 4.69) is 9.61 Å². The third-order valence-corrected chi connectivity index (χ3v) is 2.79. The van der Waals surface area contributed by atoms with Gasteiger partial charge in [-0.1, -0.05) is 0 Å². The third-order valence-electron chi connectivity index (χ3n) is 2.39. The summed E-state index contributed by atoms with van der Waals surface area (Å²) in [6.45, 7) is 4.82. The Morgan fingerprint density at radius 2 is 2.11 bits per heavy atom. The van der Waals surface area contributed by atoms with Gasteiger partial charge in [-0.05, 0) is 37.6 Å². The van der Waals surface area contributed by atoms with Crippen LogP contribution in [0.1, 0.15) is 12.5 Å². The molecule has 0 radical (unpaired) electrons. The molecule has 108 valence electrons. The number of nitrogens with one attached hydrogen (secondary N) is 1. The zero-order valence-electron chi connectivity index (χ0n) is 10.8. The smallest absolute Gasteiger partial charge is 0.395 e. The van der Waals surface area contributed by atoms with Crippen molar-refractivity contribution in [3.63, 3.8) is 0 Å². The van der Waals surface area contributed by atoms with E-state index in [1.54, 1.807) is 13.0 Å². The van der Waals surface area contributed by atoms with Crippen LogP contribution in [0.15, 0.2) is 18.2 Å². The lowest BCUT2D eigenvalue weighted by Crippen LogP contribution is -2.40. The molecule has 1 rings (SSSR count). The standard InChI is InChI=1S/C11H18N2O5S/c1-3-13(12-6-7-14)11-5-4-10(8-9(11)2)18-19(15,16)17/h4-5,8,12,14H,3,6-7H2,1-2H3,(H,15,16,17). The summed E-state index contributed by atoms with van der Waals surface area (Å²) in [5.74, 6) is 0.0435. The summed E-state index contributed by atoms with van der Waals surface area (Å²) in [5, 5.41) is 10.6. The summed E-state index contributed by atoms with van der Waals surface area (Å²) < 4.78 is 34.2. The number of anilines is 1. The van der Waals surface area contributed by atoms with E-state index in [4.69, 9.17) is 9.66 Å². The van der Waals surface area contributed by atoms with Crippen LogP contribution in [0.25, 0.3) is 0 Å². The predicted octanol–water partition coefficient (Wildman–Crippen LogP) is 0.500. The topological polar surface area (TPSA) is 99.1 Å². The highest BCUT2D eigenvalue weighted by Crippen LogP contribution is 2.24. The van der Waals surface area contributed by atoms with Gasteiger partial charge < -0.3 is 14.3 Å². The molecule has 0 bridgehead atoms. The summed E-state index contributed by atoms with van der Waals surface area (Å²) in [6, 6.07) is 4.62. The molecule has 0 aliphatic carbocycles. The summed E-state index contributed by atoms with van der Waals surface area (Å²) in [5.41, 5.74) is 4.62. The quantitative estimate of drug-likeness (QED) is 0.496. The van der Waals surface area contributed by atoms with Gasteiger partial charge in [0.05, 0.1) is 12.3 Å². The molecular formula is C11H18N2O5S. The van der Waals surface area contributed by atoms with Crippen LogP contribution in [0.5, 0.6) is 5.75 Å². The first kappa shape index (κ1) is 15.7. The van der Waals surface area contributed by atoms with Gasteiger partial charge in [-0.2, -0.15) is 8.42 Å². The SMILES string of the molecule is CCN(NCCO)c1ccc(OS(=O)(=O)O)cc1C. The van der Waals surface area contributed by atoms with Crippen molar-refractivity contribution in [2.75, 3.05) is 24.7 Å². The fraction of sp³-hybridized carbons (Fsp3) is 0.455. The number of nitrogens with zero attached hydrogens (tertiary/aromatic N) is 1. The van der Waals surface area contributed by atoms with E-state index in [1.165, 1.54) is 12.1 Å². The van der Waals surface area contributed by atoms with Crippen LogP contribution in [-0.2, 0) is 10.4 Å². The molecular weight excluding hydrogens is 272 g/mol. The van der Waals surface area contributed by atoms with Crippen molar-refractivity contribution in [2.24, 2.45) is 0 Å². The van der Waals surface area contributed by atoms with E-state index in [0.29, 0.717) is 13.1 Å². The van der Waals surface area contributed by atoms with Crippen molar-refractivity contribution in [2.45, 2.75) is 13.8 Å². The van der Waals surface area contributed by atoms with Crippen molar-refractivity contribution in [1.82, 2.24) is 5.43 Å². The van der Waals surface area contributed by atoms with Gasteiger partial charge >= 0.3 is 10.4 Å². The minimum absolute atomic E-state index is 0.0134. The minimum atomic E-state index is -4.51. The lowest BCUT2D eigenvalue weighted by atomic mass is 10.2. The fourth-order valence-electron chi connectivity index (χ4n) is 1.66. The maximum Gasteiger partial charge on any atom is 0.446 e. The predicted molar refractivity (Wildman–Crippen MR) is 71.5 cm³/mol. The van der Waals surface area contributed by atoms with Crippen molar-refractivity contribution >= 4 is 16.1 Å². The second-order valence-electron chi connectivity index (χ2n) is 3.84. The molecule has 0 saturated carbocycles. The monoisotopic (exact) mass is 290 g/mol. The van der Waals surface area contributed by atoms with Crippen LogP contribution in [0.2, 0.25) is 0 Å². The van der Waals surface area contributed by atoms with Crippen LogP contribution in [0.4, 0.5) is 5.69 Å². The van der Waals surface area contributed by atoms with Gasteiger partial charge in [0.15, 0.2) is 0 Å². The van der Waals surface area contributed by atoms with Gasteiger partial charge in [0, 0.05) is 13.1 Å². The molecule has 1 aromatic carbocycles. The zero-order valence-corrected chi connectivity index (χ0v) is 11.6. The lowest BCUT2D eigenvalue weighted by molar-refractivity contribution is 0.290. The van der Waals surface area contributed by atoms with Crippen LogP contribution < -0.4 is 14.6 Å². The highest BCUT2D eigenvalue weighted by molar-refractivity contribution is 7.81. The molecule has 3 N–H and O–H groups in total. The van der Waals surface area contributed by atoms with Gasteiger partial charge in [0.25, 0.3) is 0 Å². The van der Waals surface area contributed by atoms with Gasteiger partial charge in [0.2, 0.25) is 0 Å². The molecule has 0 saturated heterocycles. The molecule has 0 fully saturated rings. The van der Waals surface area contributed by atoms with Gasteiger partial charge in [-0.15, -0.1) is 0 Å². The molecule has 0 amide bonds. The normalized spacial score (nSPS) is 11.4. The van der Waals surface area contributed by atoms with Gasteiger partial charge in [-0.25, -0.2) is 5.43 Å². The molecule has 0 heterocycles. The third kappa shape index (κ3) is 5.03. The number of hydrogen-bond acceptors (Lipinski definition) is 6.